The first kappa shape index (κ1) is 16.0. The van der Waals surface area contributed by atoms with Gasteiger partial charge >= 0.3 is 7.60 Å². The molecule has 0 saturated carbocycles. The minimum Gasteiger partial charge on any atom is -0.456 e. The van der Waals surface area contributed by atoms with E-state index in [1.165, 1.54) is 5.82 Å². The molecule has 0 spiro atoms. The van der Waals surface area contributed by atoms with Gasteiger partial charge < -0.3 is 13.8 Å². The number of hydrogen-bond acceptors (Lipinski definition) is 4. The molecule has 22 heavy (non-hydrogen) atoms. The SMILES string of the molecule is CC1=Cc2cc(Br)ccc2O/C1=C\P1(=O)OCC(C)(C)CO1. The second kappa shape index (κ2) is 5.64. The topological polar surface area (TPSA) is 44.8 Å². The largest absolute Gasteiger partial charge is 0.456 e. The van der Waals surface area contributed by atoms with E-state index in [9.17, 15) is 4.57 Å². The van der Waals surface area contributed by atoms with Crippen molar-refractivity contribution in [1.29, 1.82) is 0 Å². The summed E-state index contributed by atoms with van der Waals surface area (Å²) in [7, 11) is -3.26. The van der Waals surface area contributed by atoms with E-state index in [1.807, 2.05) is 45.0 Å². The Morgan fingerprint density at radius 3 is 2.64 bits per heavy atom. The molecule has 2 aliphatic rings. The van der Waals surface area contributed by atoms with E-state index in [4.69, 9.17) is 13.8 Å². The highest BCUT2D eigenvalue weighted by atomic mass is 79.9. The Balaban J connectivity index is 1.88. The van der Waals surface area contributed by atoms with Gasteiger partial charge in [0.15, 0.2) is 0 Å². The summed E-state index contributed by atoms with van der Waals surface area (Å²) in [6, 6.07) is 5.76. The average Bonchev–Trinajstić information content (AvgIpc) is 2.44. The quantitative estimate of drug-likeness (QED) is 0.612. The van der Waals surface area contributed by atoms with Gasteiger partial charge in [0.2, 0.25) is 0 Å². The van der Waals surface area contributed by atoms with Crippen LogP contribution in [0.5, 0.6) is 5.75 Å². The van der Waals surface area contributed by atoms with Crippen molar-refractivity contribution in [2.24, 2.45) is 5.41 Å². The van der Waals surface area contributed by atoms with Crippen LogP contribution in [0.1, 0.15) is 26.3 Å². The number of benzene rings is 1. The standard InChI is InChI=1S/C16H18BrO4P/c1-11-6-12-7-13(17)4-5-14(12)21-15(11)8-22(18)19-9-16(2,3)10-20-22/h4-8H,9-10H2,1-3H3/b15-8-. The van der Waals surface area contributed by atoms with Gasteiger partial charge in [-0.3, -0.25) is 4.57 Å². The predicted octanol–water partition coefficient (Wildman–Crippen LogP) is 5.35. The lowest BCUT2D eigenvalue weighted by molar-refractivity contribution is 0.0455. The van der Waals surface area contributed by atoms with Crippen LogP contribution in [0.2, 0.25) is 0 Å². The Bertz CT molecular complexity index is 707. The zero-order valence-corrected chi connectivity index (χ0v) is 15.2. The van der Waals surface area contributed by atoms with Crippen LogP contribution in [0.4, 0.5) is 0 Å². The third kappa shape index (κ3) is 3.38. The first-order chi connectivity index (χ1) is 10.3. The van der Waals surface area contributed by atoms with Gasteiger partial charge in [0.1, 0.15) is 11.5 Å². The monoisotopic (exact) mass is 384 g/mol. The van der Waals surface area contributed by atoms with E-state index in [1.54, 1.807) is 0 Å². The number of ether oxygens (including phenoxy) is 1. The smallest absolute Gasteiger partial charge is 0.357 e. The Labute approximate surface area is 138 Å². The molecule has 0 unspecified atom stereocenters. The Morgan fingerprint density at radius 1 is 1.27 bits per heavy atom. The highest BCUT2D eigenvalue weighted by molar-refractivity contribution is 9.10. The summed E-state index contributed by atoms with van der Waals surface area (Å²) in [5.41, 5.74) is 1.75. The van der Waals surface area contributed by atoms with Gasteiger partial charge in [-0.15, -0.1) is 0 Å². The van der Waals surface area contributed by atoms with Crippen molar-refractivity contribution in [3.63, 3.8) is 0 Å². The van der Waals surface area contributed by atoms with Crippen molar-refractivity contribution in [2.45, 2.75) is 20.8 Å². The summed E-state index contributed by atoms with van der Waals surface area (Å²) >= 11 is 3.44. The molecule has 1 aromatic rings. The maximum absolute atomic E-state index is 12.7. The van der Waals surface area contributed by atoms with Gasteiger partial charge in [-0.1, -0.05) is 29.8 Å². The Morgan fingerprint density at radius 2 is 1.95 bits per heavy atom. The summed E-state index contributed by atoms with van der Waals surface area (Å²) in [5.74, 6) is 2.74. The molecule has 0 aliphatic carbocycles. The third-order valence-corrected chi connectivity index (χ3v) is 5.52. The zero-order valence-electron chi connectivity index (χ0n) is 12.8. The number of hydrogen-bond donors (Lipinski definition) is 0. The fourth-order valence-corrected chi connectivity index (χ4v) is 4.39. The van der Waals surface area contributed by atoms with Crippen molar-refractivity contribution in [1.82, 2.24) is 0 Å². The molecule has 0 bridgehead atoms. The molecule has 2 aliphatic heterocycles. The van der Waals surface area contributed by atoms with Crippen LogP contribution in [0.25, 0.3) is 6.08 Å². The van der Waals surface area contributed by atoms with E-state index < -0.39 is 7.60 Å². The molecule has 1 aromatic carbocycles. The molecule has 0 radical (unpaired) electrons. The minimum absolute atomic E-state index is 0.121. The second-order valence-electron chi connectivity index (χ2n) is 6.36. The van der Waals surface area contributed by atoms with E-state index in [-0.39, 0.29) is 5.41 Å². The fraction of sp³-hybridized carbons (Fsp3) is 0.375. The minimum atomic E-state index is -3.26. The first-order valence-corrected chi connectivity index (χ1v) is 9.45. The second-order valence-corrected chi connectivity index (χ2v) is 9.13. The van der Waals surface area contributed by atoms with Crippen molar-refractivity contribution in [3.8, 4) is 5.75 Å². The molecule has 0 atom stereocenters. The number of fused-ring (bicyclic) bond motifs is 1. The van der Waals surface area contributed by atoms with Crippen LogP contribution in [-0.4, -0.2) is 13.2 Å². The molecule has 3 rings (SSSR count). The Kier molecular flexibility index (Phi) is 4.11. The van der Waals surface area contributed by atoms with Gasteiger partial charge in [0, 0.05) is 15.5 Å². The number of halogens is 1. The molecule has 118 valence electrons. The molecule has 4 nitrogen and oxygen atoms in total. The third-order valence-electron chi connectivity index (χ3n) is 3.50. The molecule has 0 amide bonds. The summed E-state index contributed by atoms with van der Waals surface area (Å²) in [4.78, 5) is 0. The van der Waals surface area contributed by atoms with Crippen LogP contribution in [0, 0.1) is 5.41 Å². The van der Waals surface area contributed by atoms with Gasteiger partial charge in [-0.2, -0.15) is 0 Å². The van der Waals surface area contributed by atoms with E-state index in [2.05, 4.69) is 15.9 Å². The lowest BCUT2D eigenvalue weighted by Crippen LogP contribution is -2.29. The molecule has 2 heterocycles. The van der Waals surface area contributed by atoms with Crippen LogP contribution in [-0.2, 0) is 13.6 Å². The molecule has 1 fully saturated rings. The lowest BCUT2D eigenvalue weighted by Gasteiger charge is -2.33. The maximum Gasteiger partial charge on any atom is 0.357 e. The van der Waals surface area contributed by atoms with Crippen molar-refractivity contribution >= 4 is 29.6 Å². The van der Waals surface area contributed by atoms with Crippen molar-refractivity contribution in [3.05, 3.63) is 45.4 Å². The van der Waals surface area contributed by atoms with Crippen LogP contribution >= 0.6 is 23.5 Å². The molecule has 0 N–H and O–H groups in total. The van der Waals surface area contributed by atoms with Crippen LogP contribution < -0.4 is 4.74 Å². The van der Waals surface area contributed by atoms with Crippen molar-refractivity contribution < 1.29 is 18.3 Å². The summed E-state index contributed by atoms with van der Waals surface area (Å²) in [6.07, 6.45) is 2.00. The number of allylic oxidation sites excluding steroid dienone is 1. The van der Waals surface area contributed by atoms with Crippen LogP contribution in [0.3, 0.4) is 0 Å². The molecule has 6 heteroatoms. The van der Waals surface area contributed by atoms with Gasteiger partial charge in [-0.25, -0.2) is 0 Å². The zero-order chi connectivity index (χ0) is 16.0. The fourth-order valence-electron chi connectivity index (χ4n) is 2.18. The number of rotatable bonds is 1. The molecule has 1 saturated heterocycles. The Hall–Kier alpha value is -0.870. The van der Waals surface area contributed by atoms with E-state index >= 15 is 0 Å². The van der Waals surface area contributed by atoms with Gasteiger partial charge in [0.25, 0.3) is 0 Å². The normalized spacial score (nSPS) is 24.4. The highest BCUT2D eigenvalue weighted by Crippen LogP contribution is 2.56. The molecular formula is C16H18BrO4P. The lowest BCUT2D eigenvalue weighted by atomic mass is 9.97. The summed E-state index contributed by atoms with van der Waals surface area (Å²) in [6.45, 7) is 6.75. The summed E-state index contributed by atoms with van der Waals surface area (Å²) < 4.78 is 30.5. The van der Waals surface area contributed by atoms with E-state index in [0.717, 1.165) is 21.4 Å². The maximum atomic E-state index is 12.7. The predicted molar refractivity (Wildman–Crippen MR) is 89.8 cm³/mol. The average molecular weight is 385 g/mol. The summed E-state index contributed by atoms with van der Waals surface area (Å²) in [5, 5.41) is 0. The van der Waals surface area contributed by atoms with Crippen molar-refractivity contribution in [2.75, 3.05) is 13.2 Å². The van der Waals surface area contributed by atoms with Gasteiger partial charge in [-0.05, 0) is 36.8 Å². The molecular weight excluding hydrogens is 367 g/mol. The first-order valence-electron chi connectivity index (χ1n) is 7.04. The highest BCUT2D eigenvalue weighted by Gasteiger charge is 2.36. The van der Waals surface area contributed by atoms with Crippen LogP contribution in [0.15, 0.2) is 39.8 Å². The van der Waals surface area contributed by atoms with E-state index in [0.29, 0.717) is 19.0 Å². The molecule has 0 aromatic heterocycles. The van der Waals surface area contributed by atoms with Gasteiger partial charge in [0.05, 0.1) is 19.0 Å².